The van der Waals surface area contributed by atoms with E-state index in [1.807, 2.05) is 6.92 Å². The molecule has 0 heterocycles. The molecule has 5 nitrogen and oxygen atoms in total. The zero-order chi connectivity index (χ0) is 13.8. The maximum absolute atomic E-state index is 12.2. The highest BCUT2D eigenvalue weighted by molar-refractivity contribution is 7.89. The van der Waals surface area contributed by atoms with Crippen molar-refractivity contribution in [1.82, 2.24) is 4.72 Å². The molecule has 0 saturated heterocycles. The summed E-state index contributed by atoms with van der Waals surface area (Å²) in [6.07, 6.45) is 0. The van der Waals surface area contributed by atoms with Crippen LogP contribution in [0.5, 0.6) is 0 Å². The molecule has 102 valence electrons. The molecule has 18 heavy (non-hydrogen) atoms. The van der Waals surface area contributed by atoms with Gasteiger partial charge in [0.05, 0.1) is 11.5 Å². The lowest BCUT2D eigenvalue weighted by molar-refractivity contribution is 0.153. The lowest BCUT2D eigenvalue weighted by atomic mass is 10.1. The third kappa shape index (κ3) is 3.44. The van der Waals surface area contributed by atoms with E-state index in [0.717, 1.165) is 0 Å². The summed E-state index contributed by atoms with van der Waals surface area (Å²) in [7, 11) is -3.53. The first kappa shape index (κ1) is 14.9. The fraction of sp³-hybridized carbons (Fsp3) is 0.500. The number of aryl methyl sites for hydroxylation is 1. The van der Waals surface area contributed by atoms with E-state index in [4.69, 9.17) is 10.5 Å². The fourth-order valence-electron chi connectivity index (χ4n) is 1.72. The van der Waals surface area contributed by atoms with Gasteiger partial charge in [0.25, 0.3) is 0 Å². The molecule has 0 spiro atoms. The normalized spacial score (nSPS) is 11.7. The number of rotatable bonds is 6. The van der Waals surface area contributed by atoms with Gasteiger partial charge in [-0.3, -0.25) is 0 Å². The van der Waals surface area contributed by atoms with Crippen LogP contribution in [0.2, 0.25) is 0 Å². The van der Waals surface area contributed by atoms with Gasteiger partial charge in [-0.1, -0.05) is 6.07 Å². The lowest BCUT2D eigenvalue weighted by Gasteiger charge is -2.13. The molecule has 0 unspecified atom stereocenters. The van der Waals surface area contributed by atoms with Crippen LogP contribution in [0.1, 0.15) is 18.1 Å². The summed E-state index contributed by atoms with van der Waals surface area (Å²) in [6, 6.07) is 3.42. The Morgan fingerprint density at radius 2 is 2.00 bits per heavy atom. The van der Waals surface area contributed by atoms with Crippen molar-refractivity contribution in [2.75, 3.05) is 25.5 Å². The standard InChI is InChI=1S/C12H20N2O3S/c1-4-17-8-7-14-18(15,16)12-9(2)5-6-11(13)10(12)3/h5-6,14H,4,7-8,13H2,1-3H3. The molecule has 0 amide bonds. The van der Waals surface area contributed by atoms with Crippen molar-refractivity contribution in [3.8, 4) is 0 Å². The van der Waals surface area contributed by atoms with Crippen molar-refractivity contribution in [2.24, 2.45) is 0 Å². The number of benzene rings is 1. The molecule has 0 aromatic heterocycles. The maximum atomic E-state index is 12.2. The number of sulfonamides is 1. The zero-order valence-corrected chi connectivity index (χ0v) is 11.8. The zero-order valence-electron chi connectivity index (χ0n) is 11.0. The fourth-order valence-corrected chi connectivity index (χ4v) is 3.23. The summed E-state index contributed by atoms with van der Waals surface area (Å²) in [5, 5.41) is 0. The van der Waals surface area contributed by atoms with Crippen LogP contribution in [0.15, 0.2) is 17.0 Å². The molecule has 0 aliphatic heterocycles. The average molecular weight is 272 g/mol. The predicted molar refractivity (Wildman–Crippen MR) is 72.0 cm³/mol. The quantitative estimate of drug-likeness (QED) is 0.602. The second-order valence-electron chi connectivity index (χ2n) is 4.02. The molecule has 0 saturated carbocycles. The Bertz CT molecular complexity index is 512. The van der Waals surface area contributed by atoms with Gasteiger partial charge in [-0.15, -0.1) is 0 Å². The smallest absolute Gasteiger partial charge is 0.241 e. The van der Waals surface area contributed by atoms with E-state index in [2.05, 4.69) is 4.72 Å². The minimum Gasteiger partial charge on any atom is -0.398 e. The van der Waals surface area contributed by atoms with E-state index in [1.165, 1.54) is 0 Å². The number of hydrogen-bond donors (Lipinski definition) is 2. The van der Waals surface area contributed by atoms with E-state index in [0.29, 0.717) is 30.0 Å². The minimum absolute atomic E-state index is 0.254. The molecule has 6 heteroatoms. The highest BCUT2D eigenvalue weighted by atomic mass is 32.2. The third-order valence-electron chi connectivity index (χ3n) is 2.66. The Morgan fingerprint density at radius 3 is 2.61 bits per heavy atom. The number of ether oxygens (including phenoxy) is 1. The van der Waals surface area contributed by atoms with Crippen LogP contribution in [0.25, 0.3) is 0 Å². The van der Waals surface area contributed by atoms with Gasteiger partial charge in [-0.2, -0.15) is 0 Å². The maximum Gasteiger partial charge on any atom is 0.241 e. The molecule has 0 aliphatic rings. The average Bonchev–Trinajstić information content (AvgIpc) is 2.30. The van der Waals surface area contributed by atoms with Gasteiger partial charge in [0.1, 0.15) is 0 Å². The highest BCUT2D eigenvalue weighted by Gasteiger charge is 2.20. The molecule has 3 N–H and O–H groups in total. The van der Waals surface area contributed by atoms with Crippen LogP contribution < -0.4 is 10.5 Å². The Kier molecular flexibility index (Phi) is 5.13. The van der Waals surface area contributed by atoms with Gasteiger partial charge in [-0.05, 0) is 38.0 Å². The second-order valence-corrected chi connectivity index (χ2v) is 5.72. The topological polar surface area (TPSA) is 81.4 Å². The van der Waals surface area contributed by atoms with Gasteiger partial charge in [-0.25, -0.2) is 13.1 Å². The Balaban J connectivity index is 2.95. The number of nitrogens with one attached hydrogen (secondary N) is 1. The van der Waals surface area contributed by atoms with Crippen molar-refractivity contribution in [1.29, 1.82) is 0 Å². The van der Waals surface area contributed by atoms with E-state index >= 15 is 0 Å². The molecule has 0 atom stereocenters. The van der Waals surface area contributed by atoms with Crippen molar-refractivity contribution in [2.45, 2.75) is 25.7 Å². The van der Waals surface area contributed by atoms with Crippen molar-refractivity contribution < 1.29 is 13.2 Å². The summed E-state index contributed by atoms with van der Waals surface area (Å²) in [6.45, 7) is 6.50. The van der Waals surface area contributed by atoms with Crippen LogP contribution in [0.3, 0.4) is 0 Å². The Morgan fingerprint density at radius 1 is 1.33 bits per heavy atom. The first-order valence-corrected chi connectivity index (χ1v) is 7.31. The summed E-state index contributed by atoms with van der Waals surface area (Å²) in [5.74, 6) is 0. The summed E-state index contributed by atoms with van der Waals surface area (Å²) < 4.78 is 31.9. The molecule has 1 rings (SSSR count). The lowest BCUT2D eigenvalue weighted by Crippen LogP contribution is -2.28. The summed E-state index contributed by atoms with van der Waals surface area (Å²) in [5.41, 5.74) is 7.49. The van der Waals surface area contributed by atoms with Gasteiger partial charge in [0.2, 0.25) is 10.0 Å². The molecule has 0 aliphatic carbocycles. The first-order valence-electron chi connectivity index (χ1n) is 5.83. The van der Waals surface area contributed by atoms with Crippen LogP contribution in [-0.2, 0) is 14.8 Å². The molecule has 1 aromatic carbocycles. The molecule has 0 bridgehead atoms. The van der Waals surface area contributed by atoms with Crippen LogP contribution >= 0.6 is 0 Å². The Labute approximate surface area is 108 Å². The largest absolute Gasteiger partial charge is 0.398 e. The first-order chi connectivity index (χ1) is 8.40. The predicted octanol–water partition coefficient (Wildman–Crippen LogP) is 1.20. The van der Waals surface area contributed by atoms with E-state index in [-0.39, 0.29) is 11.4 Å². The molecule has 1 aromatic rings. The van der Waals surface area contributed by atoms with E-state index in [9.17, 15) is 8.42 Å². The number of nitrogens with two attached hydrogens (primary N) is 1. The summed E-state index contributed by atoms with van der Waals surface area (Å²) >= 11 is 0. The van der Waals surface area contributed by atoms with Crippen molar-refractivity contribution in [3.63, 3.8) is 0 Å². The molecule has 0 fully saturated rings. The van der Waals surface area contributed by atoms with Gasteiger partial charge in [0, 0.05) is 18.8 Å². The summed E-state index contributed by atoms with van der Waals surface area (Å²) in [4.78, 5) is 0.263. The molecular weight excluding hydrogens is 252 g/mol. The van der Waals surface area contributed by atoms with Gasteiger partial charge < -0.3 is 10.5 Å². The third-order valence-corrected chi connectivity index (χ3v) is 4.41. The highest BCUT2D eigenvalue weighted by Crippen LogP contribution is 2.24. The minimum atomic E-state index is -3.53. The van der Waals surface area contributed by atoms with Crippen LogP contribution in [0, 0.1) is 13.8 Å². The monoisotopic (exact) mass is 272 g/mol. The van der Waals surface area contributed by atoms with Crippen LogP contribution in [0.4, 0.5) is 5.69 Å². The SMILES string of the molecule is CCOCCNS(=O)(=O)c1c(C)ccc(N)c1C. The molecule has 0 radical (unpaired) electrons. The van der Waals surface area contributed by atoms with Crippen LogP contribution in [-0.4, -0.2) is 28.2 Å². The Hall–Kier alpha value is -1.11. The van der Waals surface area contributed by atoms with Gasteiger partial charge >= 0.3 is 0 Å². The van der Waals surface area contributed by atoms with Crippen molar-refractivity contribution in [3.05, 3.63) is 23.3 Å². The second kappa shape index (κ2) is 6.17. The van der Waals surface area contributed by atoms with E-state index in [1.54, 1.807) is 26.0 Å². The number of hydrogen-bond acceptors (Lipinski definition) is 4. The molecular formula is C12H20N2O3S. The van der Waals surface area contributed by atoms with Gasteiger partial charge in [0.15, 0.2) is 0 Å². The van der Waals surface area contributed by atoms with Crippen molar-refractivity contribution >= 4 is 15.7 Å². The van der Waals surface area contributed by atoms with E-state index < -0.39 is 10.0 Å². The number of nitrogen functional groups attached to an aromatic ring is 1. The number of anilines is 1.